The number of phenolic OH excluding ortho intramolecular Hbond substituents is 1. The number of rotatable bonds is 4. The highest BCUT2D eigenvalue weighted by Crippen LogP contribution is 2.33. The number of carboxylic acid groups (broad SMARTS) is 1. The molecule has 0 aromatic heterocycles. The van der Waals surface area contributed by atoms with Crippen LogP contribution in [-0.2, 0) is 16.6 Å². The molecule has 0 unspecified atom stereocenters. The van der Waals surface area contributed by atoms with Crippen molar-refractivity contribution in [2.75, 3.05) is 0 Å². The van der Waals surface area contributed by atoms with Crippen molar-refractivity contribution in [1.82, 2.24) is 0 Å². The molecule has 0 spiro atoms. The van der Waals surface area contributed by atoms with E-state index in [1.165, 1.54) is 0 Å². The zero-order valence-corrected chi connectivity index (χ0v) is 11.6. The predicted molar refractivity (Wildman–Crippen MR) is 72.1 cm³/mol. The average molecular weight is 250 g/mol. The summed E-state index contributed by atoms with van der Waals surface area (Å²) >= 11 is 0. The van der Waals surface area contributed by atoms with Crippen molar-refractivity contribution in [3.8, 4) is 5.75 Å². The summed E-state index contributed by atoms with van der Waals surface area (Å²) in [5, 5.41) is 18.6. The van der Waals surface area contributed by atoms with Gasteiger partial charge < -0.3 is 10.2 Å². The summed E-state index contributed by atoms with van der Waals surface area (Å²) in [5.41, 5.74) is 2.95. The lowest BCUT2D eigenvalue weighted by Gasteiger charge is -2.22. The average Bonchev–Trinajstić information content (AvgIpc) is 2.18. The molecule has 0 radical (unpaired) electrons. The summed E-state index contributed by atoms with van der Waals surface area (Å²) in [6.45, 7) is 8.11. The van der Waals surface area contributed by atoms with Gasteiger partial charge in [-0.3, -0.25) is 4.79 Å². The predicted octanol–water partition coefficient (Wildman–Crippen LogP) is 3.41. The molecule has 0 aliphatic heterocycles. The lowest BCUT2D eigenvalue weighted by molar-refractivity contribution is -0.137. The number of aromatic hydroxyl groups is 1. The van der Waals surface area contributed by atoms with Crippen molar-refractivity contribution in [2.24, 2.45) is 0 Å². The van der Waals surface area contributed by atoms with Crippen molar-refractivity contribution in [3.63, 3.8) is 0 Å². The summed E-state index contributed by atoms with van der Waals surface area (Å²) in [6, 6.07) is 3.78. The van der Waals surface area contributed by atoms with E-state index in [2.05, 4.69) is 20.8 Å². The molecule has 0 aliphatic carbocycles. The monoisotopic (exact) mass is 250 g/mol. The number of carbonyl (C=O) groups is 1. The number of aryl methyl sites for hydroxylation is 2. The van der Waals surface area contributed by atoms with Crippen LogP contribution in [-0.4, -0.2) is 16.2 Å². The summed E-state index contributed by atoms with van der Waals surface area (Å²) in [5.74, 6) is -0.440. The van der Waals surface area contributed by atoms with Crippen LogP contribution in [0, 0.1) is 6.92 Å². The maximum absolute atomic E-state index is 10.5. The number of hydrogen-bond donors (Lipinski definition) is 2. The minimum Gasteiger partial charge on any atom is -0.508 e. The van der Waals surface area contributed by atoms with Crippen LogP contribution in [0.1, 0.15) is 50.3 Å². The van der Waals surface area contributed by atoms with E-state index in [1.54, 1.807) is 6.07 Å². The third-order valence-electron chi connectivity index (χ3n) is 3.10. The van der Waals surface area contributed by atoms with Crippen LogP contribution in [0.5, 0.6) is 5.75 Å². The first-order chi connectivity index (χ1) is 8.21. The molecule has 1 aromatic rings. The van der Waals surface area contributed by atoms with Gasteiger partial charge in [0.05, 0.1) is 0 Å². The molecule has 0 saturated carbocycles. The van der Waals surface area contributed by atoms with E-state index in [9.17, 15) is 9.90 Å². The summed E-state index contributed by atoms with van der Waals surface area (Å²) < 4.78 is 0. The fraction of sp³-hybridized carbons (Fsp3) is 0.533. The Kier molecular flexibility index (Phi) is 4.38. The Hall–Kier alpha value is -1.51. The van der Waals surface area contributed by atoms with E-state index in [1.807, 2.05) is 13.0 Å². The van der Waals surface area contributed by atoms with Crippen molar-refractivity contribution >= 4 is 5.97 Å². The van der Waals surface area contributed by atoms with E-state index >= 15 is 0 Å². The molecule has 0 aliphatic rings. The van der Waals surface area contributed by atoms with Crippen LogP contribution < -0.4 is 0 Å². The van der Waals surface area contributed by atoms with Gasteiger partial charge in [-0.2, -0.15) is 0 Å². The normalized spacial score (nSPS) is 11.6. The van der Waals surface area contributed by atoms with E-state index in [-0.39, 0.29) is 11.8 Å². The Morgan fingerprint density at radius 1 is 1.28 bits per heavy atom. The number of carboxylic acids is 1. The van der Waals surface area contributed by atoms with Gasteiger partial charge in [0.2, 0.25) is 0 Å². The maximum Gasteiger partial charge on any atom is 0.303 e. The van der Waals surface area contributed by atoms with Gasteiger partial charge in [-0.1, -0.05) is 26.8 Å². The van der Waals surface area contributed by atoms with Crippen molar-refractivity contribution in [1.29, 1.82) is 0 Å². The van der Waals surface area contributed by atoms with Gasteiger partial charge >= 0.3 is 5.97 Å². The molecular weight excluding hydrogens is 228 g/mol. The molecule has 0 heterocycles. The fourth-order valence-corrected chi connectivity index (χ4v) is 2.04. The maximum atomic E-state index is 10.5. The molecule has 18 heavy (non-hydrogen) atoms. The quantitative estimate of drug-likeness (QED) is 0.861. The smallest absolute Gasteiger partial charge is 0.303 e. The molecule has 3 nitrogen and oxygen atoms in total. The van der Waals surface area contributed by atoms with Crippen molar-refractivity contribution < 1.29 is 15.0 Å². The first-order valence-electron chi connectivity index (χ1n) is 6.26. The second-order valence-corrected chi connectivity index (χ2v) is 5.79. The van der Waals surface area contributed by atoms with Crippen LogP contribution in [0.4, 0.5) is 0 Å². The highest BCUT2D eigenvalue weighted by atomic mass is 16.4. The van der Waals surface area contributed by atoms with Gasteiger partial charge in [0.15, 0.2) is 0 Å². The SMILES string of the molecule is Cc1cc(O)c(C(C)(C)C)cc1CCCC(=O)O. The largest absolute Gasteiger partial charge is 0.508 e. The molecule has 0 amide bonds. The molecular formula is C15H22O3. The van der Waals surface area contributed by atoms with Crippen LogP contribution in [0.25, 0.3) is 0 Å². The first-order valence-corrected chi connectivity index (χ1v) is 6.26. The van der Waals surface area contributed by atoms with Gasteiger partial charge in [-0.15, -0.1) is 0 Å². The molecule has 3 heteroatoms. The minimum absolute atomic E-state index is 0.112. The summed E-state index contributed by atoms with van der Waals surface area (Å²) in [6.07, 6.45) is 1.55. The van der Waals surface area contributed by atoms with Crippen molar-refractivity contribution in [2.45, 2.75) is 52.4 Å². The standard InChI is InChI=1S/C15H22O3/c1-10-8-13(16)12(15(2,3)4)9-11(10)6-5-7-14(17)18/h8-9,16H,5-7H2,1-4H3,(H,17,18). The lowest BCUT2D eigenvalue weighted by Crippen LogP contribution is -2.12. The molecule has 0 saturated heterocycles. The molecule has 100 valence electrons. The number of phenols is 1. The Morgan fingerprint density at radius 3 is 2.39 bits per heavy atom. The van der Waals surface area contributed by atoms with Crippen LogP contribution in [0.3, 0.4) is 0 Å². The zero-order valence-electron chi connectivity index (χ0n) is 11.6. The second kappa shape index (κ2) is 5.42. The van der Waals surface area contributed by atoms with Gasteiger partial charge in [0, 0.05) is 6.42 Å². The van der Waals surface area contributed by atoms with Gasteiger partial charge in [0.1, 0.15) is 5.75 Å². The summed E-state index contributed by atoms with van der Waals surface area (Å²) in [4.78, 5) is 10.5. The summed E-state index contributed by atoms with van der Waals surface area (Å²) in [7, 11) is 0. The van der Waals surface area contributed by atoms with Crippen LogP contribution in [0.15, 0.2) is 12.1 Å². The molecule has 0 atom stereocenters. The Labute approximate surface area is 108 Å². The molecule has 0 bridgehead atoms. The second-order valence-electron chi connectivity index (χ2n) is 5.79. The minimum atomic E-state index is -0.762. The van der Waals surface area contributed by atoms with Crippen LogP contribution >= 0.6 is 0 Å². The van der Waals surface area contributed by atoms with E-state index < -0.39 is 5.97 Å². The van der Waals surface area contributed by atoms with E-state index in [4.69, 9.17) is 5.11 Å². The van der Waals surface area contributed by atoms with Gasteiger partial charge in [-0.05, 0) is 47.9 Å². The van der Waals surface area contributed by atoms with Crippen LogP contribution in [0.2, 0.25) is 0 Å². The first kappa shape index (κ1) is 14.6. The molecule has 1 rings (SSSR count). The molecule has 0 fully saturated rings. The third-order valence-corrected chi connectivity index (χ3v) is 3.10. The highest BCUT2D eigenvalue weighted by molar-refractivity contribution is 5.66. The zero-order chi connectivity index (χ0) is 13.9. The Balaban J connectivity index is 2.95. The number of aliphatic carboxylic acids is 1. The number of hydrogen-bond acceptors (Lipinski definition) is 2. The fourth-order valence-electron chi connectivity index (χ4n) is 2.04. The molecule has 2 N–H and O–H groups in total. The number of benzene rings is 1. The Morgan fingerprint density at radius 2 is 1.89 bits per heavy atom. The van der Waals surface area contributed by atoms with Gasteiger partial charge in [-0.25, -0.2) is 0 Å². The van der Waals surface area contributed by atoms with Gasteiger partial charge in [0.25, 0.3) is 0 Å². The van der Waals surface area contributed by atoms with E-state index in [0.29, 0.717) is 12.2 Å². The molecule has 1 aromatic carbocycles. The lowest BCUT2D eigenvalue weighted by atomic mass is 9.84. The van der Waals surface area contributed by atoms with E-state index in [0.717, 1.165) is 23.1 Å². The Bertz CT molecular complexity index is 442. The topological polar surface area (TPSA) is 57.5 Å². The third kappa shape index (κ3) is 3.76. The highest BCUT2D eigenvalue weighted by Gasteiger charge is 2.19. The van der Waals surface area contributed by atoms with Crippen molar-refractivity contribution in [3.05, 3.63) is 28.8 Å².